The van der Waals surface area contributed by atoms with Gasteiger partial charge in [-0.25, -0.2) is 4.39 Å². The van der Waals surface area contributed by atoms with Crippen molar-refractivity contribution in [1.82, 2.24) is 0 Å². The van der Waals surface area contributed by atoms with E-state index in [1.165, 1.54) is 12.1 Å². The third-order valence-corrected chi connectivity index (χ3v) is 3.03. The molecule has 1 aromatic carbocycles. The SMILES string of the molecule is Cl.NC1(c2ccc(F)cc2Cl)CCC1. The van der Waals surface area contributed by atoms with Gasteiger partial charge in [0, 0.05) is 10.6 Å². The molecule has 0 heterocycles. The van der Waals surface area contributed by atoms with E-state index >= 15 is 0 Å². The Hall–Kier alpha value is -0.310. The third kappa shape index (κ3) is 1.88. The molecule has 1 aromatic rings. The minimum atomic E-state index is -0.309. The van der Waals surface area contributed by atoms with Crippen LogP contribution in [0.2, 0.25) is 5.02 Å². The molecule has 14 heavy (non-hydrogen) atoms. The maximum Gasteiger partial charge on any atom is 0.124 e. The van der Waals surface area contributed by atoms with Crippen LogP contribution in [0.25, 0.3) is 0 Å². The van der Waals surface area contributed by atoms with E-state index in [-0.39, 0.29) is 23.8 Å². The molecule has 1 nitrogen and oxygen atoms in total. The number of rotatable bonds is 1. The predicted molar refractivity (Wildman–Crippen MR) is 58.4 cm³/mol. The monoisotopic (exact) mass is 235 g/mol. The molecule has 0 aromatic heterocycles. The Kier molecular flexibility index (Phi) is 3.40. The van der Waals surface area contributed by atoms with Crippen LogP contribution in [0.4, 0.5) is 4.39 Å². The molecule has 0 unspecified atom stereocenters. The van der Waals surface area contributed by atoms with Gasteiger partial charge in [0.1, 0.15) is 5.82 Å². The Morgan fingerprint density at radius 2 is 2.00 bits per heavy atom. The van der Waals surface area contributed by atoms with E-state index in [2.05, 4.69) is 0 Å². The Balaban J connectivity index is 0.000000980. The maximum atomic E-state index is 12.7. The third-order valence-electron chi connectivity index (χ3n) is 2.71. The molecule has 78 valence electrons. The van der Waals surface area contributed by atoms with Gasteiger partial charge in [0.2, 0.25) is 0 Å². The van der Waals surface area contributed by atoms with E-state index < -0.39 is 0 Å². The highest BCUT2D eigenvalue weighted by atomic mass is 35.5. The molecule has 0 amide bonds. The largest absolute Gasteiger partial charge is 0.321 e. The second kappa shape index (κ2) is 4.05. The summed E-state index contributed by atoms with van der Waals surface area (Å²) in [7, 11) is 0. The molecule has 2 rings (SSSR count). The van der Waals surface area contributed by atoms with Crippen molar-refractivity contribution in [3.63, 3.8) is 0 Å². The van der Waals surface area contributed by atoms with Gasteiger partial charge < -0.3 is 5.73 Å². The van der Waals surface area contributed by atoms with Crippen molar-refractivity contribution in [1.29, 1.82) is 0 Å². The van der Waals surface area contributed by atoms with Crippen LogP contribution in [0, 0.1) is 5.82 Å². The van der Waals surface area contributed by atoms with Gasteiger partial charge in [-0.2, -0.15) is 0 Å². The highest BCUT2D eigenvalue weighted by Gasteiger charge is 2.35. The van der Waals surface area contributed by atoms with Crippen LogP contribution < -0.4 is 5.73 Å². The lowest BCUT2D eigenvalue weighted by molar-refractivity contribution is 0.253. The first-order valence-corrected chi connectivity index (χ1v) is 4.74. The van der Waals surface area contributed by atoms with Crippen molar-refractivity contribution < 1.29 is 4.39 Å². The Morgan fingerprint density at radius 3 is 2.43 bits per heavy atom. The lowest BCUT2D eigenvalue weighted by Gasteiger charge is -2.39. The molecule has 1 aliphatic rings. The zero-order valence-corrected chi connectivity index (χ0v) is 9.17. The molecule has 0 aliphatic heterocycles. The van der Waals surface area contributed by atoms with Crippen LogP contribution in [-0.4, -0.2) is 0 Å². The van der Waals surface area contributed by atoms with Crippen molar-refractivity contribution in [2.75, 3.05) is 0 Å². The van der Waals surface area contributed by atoms with E-state index in [9.17, 15) is 4.39 Å². The van der Waals surface area contributed by atoms with E-state index in [4.69, 9.17) is 17.3 Å². The van der Waals surface area contributed by atoms with E-state index in [0.29, 0.717) is 5.02 Å². The van der Waals surface area contributed by atoms with Gasteiger partial charge in [0.05, 0.1) is 0 Å². The molecule has 1 aliphatic carbocycles. The molecule has 1 fully saturated rings. The van der Waals surface area contributed by atoms with Gasteiger partial charge in [-0.3, -0.25) is 0 Å². The first kappa shape index (κ1) is 11.8. The van der Waals surface area contributed by atoms with Crippen LogP contribution in [0.3, 0.4) is 0 Å². The summed E-state index contributed by atoms with van der Waals surface area (Å²) in [5.74, 6) is -0.309. The summed E-state index contributed by atoms with van der Waals surface area (Å²) in [6.45, 7) is 0. The quantitative estimate of drug-likeness (QED) is 0.795. The standard InChI is InChI=1S/C10H11ClFN.ClH/c11-9-6-7(12)2-3-8(9)10(13)4-1-5-10;/h2-3,6H,1,4-5,13H2;1H. The normalized spacial score (nSPS) is 18.2. The molecule has 0 spiro atoms. The van der Waals surface area contributed by atoms with Gasteiger partial charge in [-0.05, 0) is 37.0 Å². The number of benzene rings is 1. The summed E-state index contributed by atoms with van der Waals surface area (Å²) in [6.07, 6.45) is 3.01. The highest BCUT2D eigenvalue weighted by molar-refractivity contribution is 6.31. The Labute approximate surface area is 93.8 Å². The number of hydrogen-bond donors (Lipinski definition) is 1. The molecule has 1 saturated carbocycles. The minimum Gasteiger partial charge on any atom is -0.321 e. The first-order chi connectivity index (χ1) is 6.12. The lowest BCUT2D eigenvalue weighted by atomic mass is 9.73. The van der Waals surface area contributed by atoms with Crippen molar-refractivity contribution in [3.05, 3.63) is 34.6 Å². The zero-order valence-electron chi connectivity index (χ0n) is 7.59. The van der Waals surface area contributed by atoms with Crippen molar-refractivity contribution in [2.45, 2.75) is 24.8 Å². The lowest BCUT2D eigenvalue weighted by Crippen LogP contribution is -2.43. The van der Waals surface area contributed by atoms with Crippen LogP contribution in [0.1, 0.15) is 24.8 Å². The van der Waals surface area contributed by atoms with Gasteiger partial charge in [0.15, 0.2) is 0 Å². The molecule has 0 saturated heterocycles. The van der Waals surface area contributed by atoms with Crippen LogP contribution >= 0.6 is 24.0 Å². The predicted octanol–water partition coefficient (Wildman–Crippen LogP) is 3.24. The number of halogens is 3. The summed E-state index contributed by atoms with van der Waals surface area (Å²) in [4.78, 5) is 0. The van der Waals surface area contributed by atoms with E-state index in [1.807, 2.05) is 0 Å². The van der Waals surface area contributed by atoms with E-state index in [0.717, 1.165) is 24.8 Å². The van der Waals surface area contributed by atoms with Crippen molar-refractivity contribution in [2.24, 2.45) is 5.73 Å². The topological polar surface area (TPSA) is 26.0 Å². The molecular weight excluding hydrogens is 224 g/mol. The van der Waals surface area contributed by atoms with Crippen LogP contribution in [0.15, 0.2) is 18.2 Å². The molecule has 2 N–H and O–H groups in total. The minimum absolute atomic E-state index is 0. The second-order valence-corrected chi connectivity index (χ2v) is 4.04. The average Bonchev–Trinajstić information content (AvgIpc) is 2.00. The molecular formula is C10H12Cl2FN. The second-order valence-electron chi connectivity index (χ2n) is 3.63. The van der Waals surface area contributed by atoms with Crippen molar-refractivity contribution in [3.8, 4) is 0 Å². The highest BCUT2D eigenvalue weighted by Crippen LogP contribution is 2.41. The molecule has 0 bridgehead atoms. The smallest absolute Gasteiger partial charge is 0.124 e. The zero-order chi connectivity index (χ0) is 9.47. The van der Waals surface area contributed by atoms with Crippen molar-refractivity contribution >= 4 is 24.0 Å². The first-order valence-electron chi connectivity index (χ1n) is 4.36. The molecule has 0 radical (unpaired) electrons. The fourth-order valence-corrected chi connectivity index (χ4v) is 2.08. The van der Waals surface area contributed by atoms with Gasteiger partial charge >= 0.3 is 0 Å². The average molecular weight is 236 g/mol. The number of nitrogens with two attached hydrogens (primary N) is 1. The van der Waals surface area contributed by atoms with Gasteiger partial charge in [-0.15, -0.1) is 12.4 Å². The Bertz CT molecular complexity index is 337. The summed E-state index contributed by atoms with van der Waals surface area (Å²) < 4.78 is 12.7. The molecule has 0 atom stereocenters. The summed E-state index contributed by atoms with van der Waals surface area (Å²) >= 11 is 5.91. The van der Waals surface area contributed by atoms with Crippen LogP contribution in [0.5, 0.6) is 0 Å². The molecule has 4 heteroatoms. The van der Waals surface area contributed by atoms with E-state index in [1.54, 1.807) is 6.07 Å². The fraction of sp³-hybridized carbons (Fsp3) is 0.400. The summed E-state index contributed by atoms with van der Waals surface area (Å²) in [5, 5.41) is 0.446. The maximum absolute atomic E-state index is 12.7. The fourth-order valence-electron chi connectivity index (χ4n) is 1.72. The van der Waals surface area contributed by atoms with Crippen LogP contribution in [-0.2, 0) is 5.54 Å². The van der Waals surface area contributed by atoms with Gasteiger partial charge in [-0.1, -0.05) is 17.7 Å². The van der Waals surface area contributed by atoms with Gasteiger partial charge in [0.25, 0.3) is 0 Å². The summed E-state index contributed by atoms with van der Waals surface area (Å²) in [5.41, 5.74) is 6.64. The summed E-state index contributed by atoms with van der Waals surface area (Å²) in [6, 6.07) is 4.43. The number of hydrogen-bond acceptors (Lipinski definition) is 1. The Morgan fingerprint density at radius 1 is 1.36 bits per heavy atom.